The van der Waals surface area contributed by atoms with Gasteiger partial charge in [0.1, 0.15) is 0 Å². The molecule has 302 valence electrons. The van der Waals surface area contributed by atoms with E-state index in [1.165, 1.54) is 165 Å². The average Bonchev–Trinajstić information content (AvgIpc) is 3.95. The first kappa shape index (κ1) is 47.3. The summed E-state index contributed by atoms with van der Waals surface area (Å²) in [5.74, 6) is 1.83. The monoisotopic (exact) mass is 902 g/mol. The Balaban J connectivity index is 0.000000204. The van der Waals surface area contributed by atoms with Crippen LogP contribution in [-0.2, 0) is 36.2 Å². The van der Waals surface area contributed by atoms with Crippen LogP contribution >= 0.6 is 0 Å². The molecule has 0 unspecified atom stereocenters. The zero-order valence-corrected chi connectivity index (χ0v) is 39.2. The maximum Gasteiger partial charge on any atom is -0.0274 e. The normalized spacial score (nSPS) is 14.4. The number of hydrogen-bond acceptors (Lipinski definition) is 0. The van der Waals surface area contributed by atoms with Gasteiger partial charge in [0.25, 0.3) is 0 Å². The molecule has 0 amide bonds. The molecule has 7 heteroatoms. The largest absolute Gasteiger partial charge is 1.00 e. The van der Waals surface area contributed by atoms with E-state index in [-0.39, 0.29) is 24.8 Å². The van der Waals surface area contributed by atoms with E-state index in [1.54, 1.807) is 0 Å². The van der Waals surface area contributed by atoms with Gasteiger partial charge in [-0.05, 0) is 63.5 Å². The van der Waals surface area contributed by atoms with Crippen LogP contribution in [0.3, 0.4) is 0 Å². The van der Waals surface area contributed by atoms with E-state index in [9.17, 15) is 13.2 Å². The second-order valence-corrected chi connectivity index (χ2v) is 25.1. The molecule has 6 aromatic carbocycles. The Morgan fingerprint density at radius 2 is 0.965 bits per heavy atom. The smallest absolute Gasteiger partial charge is 0.0274 e. The predicted molar refractivity (Wildman–Crippen MR) is 227 cm³/mol. The molecule has 0 bridgehead atoms. The minimum Gasteiger partial charge on any atom is -1.00 e. The first-order valence-electron chi connectivity index (χ1n) is 20.4. The van der Waals surface area contributed by atoms with Crippen molar-refractivity contribution in [2.24, 2.45) is 11.8 Å². The van der Waals surface area contributed by atoms with E-state index in [2.05, 4.69) is 125 Å². The summed E-state index contributed by atoms with van der Waals surface area (Å²) in [7, 11) is 0. The Bertz CT molecular complexity index is 2030. The zero-order chi connectivity index (χ0) is 39.1. The molecule has 0 aliphatic heterocycles. The van der Waals surface area contributed by atoms with Crippen molar-refractivity contribution < 1.29 is 61.3 Å². The van der Waals surface area contributed by atoms with Crippen molar-refractivity contribution >= 4 is 27.0 Å². The molecular formula is C50H57Cl2F3SiZr-2. The van der Waals surface area contributed by atoms with Crippen molar-refractivity contribution in [2.75, 3.05) is 0 Å². The van der Waals surface area contributed by atoms with Gasteiger partial charge >= 0.3 is 67.1 Å². The molecule has 0 spiro atoms. The topological polar surface area (TPSA) is 0 Å². The number of aryl methyl sites for hydroxylation is 4. The van der Waals surface area contributed by atoms with Crippen LogP contribution in [0.25, 0.3) is 43.8 Å². The first-order chi connectivity index (χ1) is 26.3. The number of rotatable bonds is 8. The van der Waals surface area contributed by atoms with Crippen molar-refractivity contribution in [2.45, 2.75) is 117 Å². The molecule has 8 rings (SSSR count). The van der Waals surface area contributed by atoms with E-state index in [4.69, 9.17) is 0 Å². The van der Waals surface area contributed by atoms with E-state index in [0.29, 0.717) is 6.04 Å². The standard InChI is InChI=1S/2C23H25.C4H7F3Si.2ClH.Zr/c2*1-16-10-17(2)12-21(11-16)22-9-5-8-20-14-19(15-23(20)22)13-18-6-3-4-7-18;1-8-3-2-4(5,6)7;;;/h2*5,8-12,14-15,18H,3-4,6-7,13H2,1-2H3;2-3H2,1H3;2*1H;/q2*-1;;;;+2/p-2. The van der Waals surface area contributed by atoms with Gasteiger partial charge < -0.3 is 24.8 Å². The number of halogens is 5. The Morgan fingerprint density at radius 3 is 1.28 bits per heavy atom. The fourth-order valence-electron chi connectivity index (χ4n) is 9.02. The number of alkyl halides is 3. The van der Waals surface area contributed by atoms with Crippen molar-refractivity contribution in [3.63, 3.8) is 0 Å². The van der Waals surface area contributed by atoms with Crippen LogP contribution in [0.4, 0.5) is 13.2 Å². The van der Waals surface area contributed by atoms with Gasteiger partial charge in [-0.3, -0.25) is 0 Å². The van der Waals surface area contributed by atoms with E-state index < -0.39 is 18.0 Å². The first-order valence-corrected chi connectivity index (χ1v) is 26.3. The molecule has 0 radical (unpaired) electrons. The van der Waals surface area contributed by atoms with Gasteiger partial charge in [0.05, 0.1) is 0 Å². The molecule has 2 saturated carbocycles. The van der Waals surface area contributed by atoms with Crippen LogP contribution in [-0.4, -0.2) is 11.6 Å². The minimum atomic E-state index is -3.93. The molecular weight excluding hydrogens is 848 g/mol. The van der Waals surface area contributed by atoms with Gasteiger partial charge in [0.2, 0.25) is 0 Å². The van der Waals surface area contributed by atoms with Gasteiger partial charge in [0.15, 0.2) is 0 Å². The van der Waals surface area contributed by atoms with Gasteiger partial charge in [-0.2, -0.15) is 12.1 Å². The van der Waals surface area contributed by atoms with E-state index in [0.717, 1.165) is 11.8 Å². The molecule has 2 aliphatic carbocycles. The maximum absolute atomic E-state index is 11.4. The van der Waals surface area contributed by atoms with Crippen molar-refractivity contribution in [3.05, 3.63) is 130 Å². The fourth-order valence-corrected chi connectivity index (χ4v) is 10.6. The number of benzene rings is 4. The summed E-state index contributed by atoms with van der Waals surface area (Å²) in [6.07, 6.45) is 9.43. The van der Waals surface area contributed by atoms with Crippen LogP contribution in [0.1, 0.15) is 91.2 Å². The number of hydrogen-bond donors (Lipinski definition) is 0. The number of fused-ring (bicyclic) bond motifs is 2. The zero-order valence-electron chi connectivity index (χ0n) is 34.3. The second kappa shape index (κ2) is 21.7. The Morgan fingerprint density at radius 1 is 0.596 bits per heavy atom. The van der Waals surface area contributed by atoms with Crippen molar-refractivity contribution in [1.29, 1.82) is 0 Å². The fraction of sp³-hybridized carbons (Fsp3) is 0.400. The summed E-state index contributed by atoms with van der Waals surface area (Å²) < 4.78 is 34.3. The van der Waals surface area contributed by atoms with E-state index >= 15 is 0 Å². The summed E-state index contributed by atoms with van der Waals surface area (Å²) >= 11 is 1.29. The molecule has 2 aliphatic rings. The Kier molecular flexibility index (Phi) is 18.0. The van der Waals surface area contributed by atoms with Gasteiger partial charge in [-0.15, -0.1) is 69.1 Å². The molecule has 0 saturated heterocycles. The summed E-state index contributed by atoms with van der Waals surface area (Å²) in [6.45, 7) is 10.7. The average molecular weight is 905 g/mol. The predicted octanol–water partition coefficient (Wildman–Crippen LogP) is 9.27. The molecule has 0 nitrogen and oxygen atoms in total. The van der Waals surface area contributed by atoms with Gasteiger partial charge in [-0.1, -0.05) is 133 Å². The summed E-state index contributed by atoms with van der Waals surface area (Å²) in [6, 6.07) is 37.3. The second-order valence-electron chi connectivity index (χ2n) is 16.7. The minimum absolute atomic E-state index is 0. The Hall–Kier alpha value is -2.43. The molecule has 0 heterocycles. The van der Waals surface area contributed by atoms with Crippen LogP contribution in [0.5, 0.6) is 0 Å². The van der Waals surface area contributed by atoms with Gasteiger partial charge in [0, 0.05) is 0 Å². The SMILES string of the molecule is C[Si](=[Zr+2])CCC(F)(F)F.Cc1cc(C)cc(-c2cccc3[cH-]c(CC4CCCC4)cc23)c1.Cc1cc(C)cc(-c2cccc3[cH-]c(CC4CCCC4)cc23)c1.[Cl-].[Cl-]. The Labute approximate surface area is 367 Å². The third-order valence-corrected chi connectivity index (χ3v) is 14.3. The molecule has 57 heavy (non-hydrogen) atoms. The van der Waals surface area contributed by atoms with Crippen molar-refractivity contribution in [3.8, 4) is 22.3 Å². The maximum atomic E-state index is 11.4. The summed E-state index contributed by atoms with van der Waals surface area (Å²) in [5, 5.41) is 5.64. The van der Waals surface area contributed by atoms with E-state index in [1.807, 2.05) is 6.55 Å². The van der Waals surface area contributed by atoms with Crippen LogP contribution < -0.4 is 24.8 Å². The summed E-state index contributed by atoms with van der Waals surface area (Å²) in [5.41, 5.74) is 13.3. The summed E-state index contributed by atoms with van der Waals surface area (Å²) in [4.78, 5) is 0. The molecule has 0 atom stereocenters. The third kappa shape index (κ3) is 13.8. The van der Waals surface area contributed by atoms with Crippen molar-refractivity contribution in [1.82, 2.24) is 0 Å². The van der Waals surface area contributed by atoms with Crippen LogP contribution in [0.2, 0.25) is 12.6 Å². The molecule has 2 fully saturated rings. The van der Waals surface area contributed by atoms with Crippen LogP contribution in [0.15, 0.2) is 97.1 Å². The van der Waals surface area contributed by atoms with Crippen LogP contribution in [0, 0.1) is 39.5 Å². The molecule has 0 aromatic heterocycles. The molecule has 6 aromatic rings. The third-order valence-electron chi connectivity index (χ3n) is 11.5. The molecule has 0 N–H and O–H groups in total. The quantitative estimate of drug-likeness (QED) is 0.106. The van der Waals surface area contributed by atoms with Gasteiger partial charge in [-0.25, -0.2) is 0 Å².